The molecule has 2 aromatic heterocycles. The molecule has 3 rings (SSSR count). The first-order valence-corrected chi connectivity index (χ1v) is 6.26. The molecular weight excluding hydrogens is 248 g/mol. The SMILES string of the molecule is Nc1ccc2c(cnn2CC(=O)c2nccs2)c1. The van der Waals surface area contributed by atoms with Crippen LogP contribution in [0.4, 0.5) is 5.69 Å². The quantitative estimate of drug-likeness (QED) is 0.575. The topological polar surface area (TPSA) is 73.8 Å². The van der Waals surface area contributed by atoms with Crippen LogP contribution in [0, 0.1) is 0 Å². The fourth-order valence-corrected chi connectivity index (χ4v) is 2.36. The molecule has 0 amide bonds. The van der Waals surface area contributed by atoms with Gasteiger partial charge in [-0.2, -0.15) is 5.10 Å². The zero-order valence-corrected chi connectivity index (χ0v) is 10.2. The molecule has 0 aliphatic carbocycles. The number of hydrogen-bond donors (Lipinski definition) is 1. The maximum absolute atomic E-state index is 11.9. The second-order valence-corrected chi connectivity index (χ2v) is 4.78. The van der Waals surface area contributed by atoms with Crippen molar-refractivity contribution in [2.24, 2.45) is 0 Å². The number of hydrogen-bond acceptors (Lipinski definition) is 5. The largest absolute Gasteiger partial charge is 0.399 e. The molecule has 0 unspecified atom stereocenters. The van der Waals surface area contributed by atoms with Gasteiger partial charge in [-0.15, -0.1) is 11.3 Å². The normalized spacial score (nSPS) is 10.9. The van der Waals surface area contributed by atoms with E-state index < -0.39 is 0 Å². The van der Waals surface area contributed by atoms with Gasteiger partial charge in [0.2, 0.25) is 5.78 Å². The zero-order valence-electron chi connectivity index (χ0n) is 9.41. The van der Waals surface area contributed by atoms with Crippen molar-refractivity contribution in [2.45, 2.75) is 6.54 Å². The second kappa shape index (κ2) is 4.23. The first-order valence-electron chi connectivity index (χ1n) is 5.38. The van der Waals surface area contributed by atoms with Gasteiger partial charge < -0.3 is 5.73 Å². The van der Waals surface area contributed by atoms with Crippen LogP contribution in [0.2, 0.25) is 0 Å². The van der Waals surface area contributed by atoms with Crippen molar-refractivity contribution < 1.29 is 4.79 Å². The Hall–Kier alpha value is -2.21. The van der Waals surface area contributed by atoms with Crippen molar-refractivity contribution in [2.75, 3.05) is 5.73 Å². The Morgan fingerprint density at radius 1 is 1.44 bits per heavy atom. The summed E-state index contributed by atoms with van der Waals surface area (Å²) >= 11 is 1.34. The van der Waals surface area contributed by atoms with Crippen molar-refractivity contribution in [3.63, 3.8) is 0 Å². The van der Waals surface area contributed by atoms with Crippen molar-refractivity contribution in [3.8, 4) is 0 Å². The number of nitrogen functional groups attached to an aromatic ring is 1. The van der Waals surface area contributed by atoms with E-state index in [9.17, 15) is 4.79 Å². The summed E-state index contributed by atoms with van der Waals surface area (Å²) in [5.41, 5.74) is 7.28. The molecule has 0 spiro atoms. The molecule has 2 N–H and O–H groups in total. The summed E-state index contributed by atoms with van der Waals surface area (Å²) in [7, 11) is 0. The lowest BCUT2D eigenvalue weighted by molar-refractivity contribution is 0.0969. The Morgan fingerprint density at radius 3 is 3.11 bits per heavy atom. The van der Waals surface area contributed by atoms with Crippen LogP contribution in [0.1, 0.15) is 9.80 Å². The molecule has 3 aromatic rings. The van der Waals surface area contributed by atoms with Crippen LogP contribution < -0.4 is 5.73 Å². The number of fused-ring (bicyclic) bond motifs is 1. The third kappa shape index (κ3) is 1.86. The minimum Gasteiger partial charge on any atom is -0.399 e. The van der Waals surface area contributed by atoms with Gasteiger partial charge in [-0.1, -0.05) is 0 Å². The molecule has 0 radical (unpaired) electrons. The van der Waals surface area contributed by atoms with Crippen LogP contribution in [0.25, 0.3) is 10.9 Å². The maximum Gasteiger partial charge on any atom is 0.212 e. The number of anilines is 1. The molecule has 18 heavy (non-hydrogen) atoms. The first kappa shape index (κ1) is 10.9. The Morgan fingerprint density at radius 2 is 2.33 bits per heavy atom. The standard InChI is InChI=1S/C12H10N4OS/c13-9-1-2-10-8(5-9)6-15-16(10)7-11(17)12-14-3-4-18-12/h1-6H,7,13H2. The number of carbonyl (C=O) groups is 1. The number of Topliss-reactive ketones (excluding diaryl/α,β-unsaturated/α-hetero) is 1. The summed E-state index contributed by atoms with van der Waals surface area (Å²) < 4.78 is 1.67. The maximum atomic E-state index is 11.9. The van der Waals surface area contributed by atoms with Crippen LogP contribution >= 0.6 is 11.3 Å². The average molecular weight is 258 g/mol. The average Bonchev–Trinajstić information content (AvgIpc) is 2.98. The zero-order chi connectivity index (χ0) is 12.5. The number of aromatic nitrogens is 3. The highest BCUT2D eigenvalue weighted by Crippen LogP contribution is 2.17. The van der Waals surface area contributed by atoms with E-state index in [1.165, 1.54) is 11.3 Å². The molecule has 0 saturated heterocycles. The van der Waals surface area contributed by atoms with E-state index in [0.29, 0.717) is 10.7 Å². The van der Waals surface area contributed by atoms with E-state index >= 15 is 0 Å². The van der Waals surface area contributed by atoms with Crippen molar-refractivity contribution in [1.29, 1.82) is 0 Å². The number of nitrogens with zero attached hydrogens (tertiary/aromatic N) is 3. The van der Waals surface area contributed by atoms with Gasteiger partial charge in [-0.3, -0.25) is 9.48 Å². The summed E-state index contributed by atoms with van der Waals surface area (Å²) in [6.07, 6.45) is 3.33. The molecule has 0 fully saturated rings. The van der Waals surface area contributed by atoms with Crippen LogP contribution in [0.5, 0.6) is 0 Å². The smallest absolute Gasteiger partial charge is 0.212 e. The number of nitrogens with two attached hydrogens (primary N) is 1. The van der Waals surface area contributed by atoms with Crippen molar-refractivity contribution in [1.82, 2.24) is 14.8 Å². The summed E-state index contributed by atoms with van der Waals surface area (Å²) in [4.78, 5) is 15.9. The molecule has 0 aliphatic heterocycles. The minimum atomic E-state index is -0.0353. The Kier molecular flexibility index (Phi) is 2.56. The van der Waals surface area contributed by atoms with E-state index in [1.807, 2.05) is 12.1 Å². The third-order valence-corrected chi connectivity index (χ3v) is 3.44. The van der Waals surface area contributed by atoms with Gasteiger partial charge in [0.05, 0.1) is 11.7 Å². The number of ketones is 1. The third-order valence-electron chi connectivity index (χ3n) is 2.63. The number of thiazole rings is 1. The highest BCUT2D eigenvalue weighted by Gasteiger charge is 2.11. The summed E-state index contributed by atoms with van der Waals surface area (Å²) in [5, 5.41) is 7.43. The fraction of sp³-hybridized carbons (Fsp3) is 0.0833. The monoisotopic (exact) mass is 258 g/mol. The van der Waals surface area contributed by atoms with Crippen LogP contribution in [-0.2, 0) is 6.54 Å². The fourth-order valence-electron chi connectivity index (χ4n) is 1.80. The highest BCUT2D eigenvalue weighted by atomic mass is 32.1. The number of benzene rings is 1. The van der Waals surface area contributed by atoms with E-state index in [2.05, 4.69) is 10.1 Å². The second-order valence-electron chi connectivity index (χ2n) is 3.88. The Bertz CT molecular complexity index is 702. The van der Waals surface area contributed by atoms with Crippen LogP contribution in [-0.4, -0.2) is 20.5 Å². The molecule has 0 saturated carbocycles. The summed E-state index contributed by atoms with van der Waals surface area (Å²) in [6.45, 7) is 0.195. The van der Waals surface area contributed by atoms with Gasteiger partial charge in [-0.05, 0) is 18.2 Å². The van der Waals surface area contributed by atoms with Crippen LogP contribution in [0.15, 0.2) is 36.0 Å². The van der Waals surface area contributed by atoms with Gasteiger partial charge in [-0.25, -0.2) is 4.98 Å². The molecular formula is C12H10N4OS. The molecule has 5 nitrogen and oxygen atoms in total. The van der Waals surface area contributed by atoms with Gasteiger partial charge in [0, 0.05) is 22.7 Å². The van der Waals surface area contributed by atoms with Crippen LogP contribution in [0.3, 0.4) is 0 Å². The lowest BCUT2D eigenvalue weighted by Crippen LogP contribution is -2.11. The van der Waals surface area contributed by atoms with Gasteiger partial charge in [0.15, 0.2) is 5.01 Å². The Balaban J connectivity index is 1.94. The predicted molar refractivity (Wildman–Crippen MR) is 70.6 cm³/mol. The van der Waals surface area contributed by atoms with Gasteiger partial charge >= 0.3 is 0 Å². The summed E-state index contributed by atoms with van der Waals surface area (Å²) in [5.74, 6) is -0.0353. The lowest BCUT2D eigenvalue weighted by atomic mass is 10.2. The van der Waals surface area contributed by atoms with E-state index in [1.54, 1.807) is 28.5 Å². The minimum absolute atomic E-state index is 0.0353. The molecule has 0 aliphatic rings. The predicted octanol–water partition coefficient (Wildman–Crippen LogP) is 1.96. The molecule has 2 heterocycles. The molecule has 0 atom stereocenters. The van der Waals surface area contributed by atoms with E-state index in [4.69, 9.17) is 5.73 Å². The molecule has 0 bridgehead atoms. The first-order chi connectivity index (χ1) is 8.74. The van der Waals surface area contributed by atoms with Gasteiger partial charge in [0.1, 0.15) is 6.54 Å². The summed E-state index contributed by atoms with van der Waals surface area (Å²) in [6, 6.07) is 5.51. The van der Waals surface area contributed by atoms with Gasteiger partial charge in [0.25, 0.3) is 0 Å². The molecule has 6 heteroatoms. The van der Waals surface area contributed by atoms with Crippen molar-refractivity contribution >= 4 is 33.7 Å². The van der Waals surface area contributed by atoms with E-state index in [0.717, 1.165) is 10.9 Å². The lowest BCUT2D eigenvalue weighted by Gasteiger charge is -2.01. The number of carbonyl (C=O) groups excluding carboxylic acids is 1. The van der Waals surface area contributed by atoms with Crippen molar-refractivity contribution in [3.05, 3.63) is 41.0 Å². The number of rotatable bonds is 3. The molecule has 90 valence electrons. The van der Waals surface area contributed by atoms with E-state index in [-0.39, 0.29) is 12.3 Å². The Labute approximate surface area is 107 Å². The highest BCUT2D eigenvalue weighted by molar-refractivity contribution is 7.11. The molecule has 1 aromatic carbocycles.